The second-order valence-corrected chi connectivity index (χ2v) is 9.72. The predicted octanol–water partition coefficient (Wildman–Crippen LogP) is 4.81. The first-order valence-corrected chi connectivity index (χ1v) is 11.8. The van der Waals surface area contributed by atoms with Crippen molar-refractivity contribution in [2.45, 2.75) is 63.4 Å². The molecule has 2 heterocycles. The molecular weight excluding hydrogens is 396 g/mol. The van der Waals surface area contributed by atoms with Gasteiger partial charge in [-0.05, 0) is 62.4 Å². The molecule has 1 aliphatic heterocycles. The van der Waals surface area contributed by atoms with Crippen molar-refractivity contribution < 1.29 is 14.3 Å². The number of thiophene rings is 1. The highest BCUT2D eigenvalue weighted by Crippen LogP contribution is 2.40. The van der Waals surface area contributed by atoms with E-state index in [1.165, 1.54) is 17.8 Å². The molecule has 2 aromatic rings. The fourth-order valence-corrected chi connectivity index (χ4v) is 5.37. The number of nitrogens with one attached hydrogen (secondary N) is 2. The third-order valence-corrected chi connectivity index (χ3v) is 7.31. The van der Waals surface area contributed by atoms with Crippen LogP contribution >= 0.6 is 11.3 Å². The summed E-state index contributed by atoms with van der Waals surface area (Å²) in [6.45, 7) is 3.38. The van der Waals surface area contributed by atoms with Gasteiger partial charge in [0, 0.05) is 23.7 Å². The molecule has 2 fully saturated rings. The van der Waals surface area contributed by atoms with Crippen molar-refractivity contribution in [1.82, 2.24) is 5.32 Å². The van der Waals surface area contributed by atoms with Crippen LogP contribution in [0.2, 0.25) is 0 Å². The fraction of sp³-hybridized carbons (Fsp3) is 0.500. The van der Waals surface area contributed by atoms with Gasteiger partial charge in [-0.2, -0.15) is 0 Å². The summed E-state index contributed by atoms with van der Waals surface area (Å²) in [6, 6.07) is 11.6. The number of ether oxygens (including phenoxy) is 1. The molecule has 0 spiro atoms. The van der Waals surface area contributed by atoms with Gasteiger partial charge < -0.3 is 15.4 Å². The second kappa shape index (κ2) is 9.31. The van der Waals surface area contributed by atoms with Crippen molar-refractivity contribution in [3.05, 3.63) is 51.7 Å². The van der Waals surface area contributed by atoms with Gasteiger partial charge >= 0.3 is 0 Å². The van der Waals surface area contributed by atoms with E-state index in [1.54, 1.807) is 0 Å². The molecule has 1 unspecified atom stereocenters. The molecule has 1 saturated heterocycles. The number of benzene rings is 1. The van der Waals surface area contributed by atoms with Gasteiger partial charge in [0.1, 0.15) is 0 Å². The van der Waals surface area contributed by atoms with E-state index in [0.717, 1.165) is 61.3 Å². The standard InChI is InChI=1S/C24H30N2O3S/c1-17-7-12-21(30-17)22(27)26-19-10-8-18(9-11-19)24(13-3-2-4-14-24)23(28)25-16-20-6-5-15-29-20/h7-12,20H,2-6,13-16H2,1H3,(H,25,28)(H,26,27). The molecule has 2 N–H and O–H groups in total. The summed E-state index contributed by atoms with van der Waals surface area (Å²) in [4.78, 5) is 27.5. The summed E-state index contributed by atoms with van der Waals surface area (Å²) in [5, 5.41) is 6.13. The van der Waals surface area contributed by atoms with Crippen LogP contribution < -0.4 is 10.6 Å². The second-order valence-electron chi connectivity index (χ2n) is 8.43. The lowest BCUT2D eigenvalue weighted by molar-refractivity contribution is -0.128. The summed E-state index contributed by atoms with van der Waals surface area (Å²) < 4.78 is 5.67. The Hall–Kier alpha value is -2.18. The third-order valence-electron chi connectivity index (χ3n) is 6.32. The number of carbonyl (C=O) groups is 2. The molecule has 160 valence electrons. The molecule has 1 atom stereocenters. The average molecular weight is 427 g/mol. The van der Waals surface area contributed by atoms with E-state index in [4.69, 9.17) is 4.74 Å². The quantitative estimate of drug-likeness (QED) is 0.697. The Balaban J connectivity index is 1.46. The maximum Gasteiger partial charge on any atom is 0.265 e. The van der Waals surface area contributed by atoms with Gasteiger partial charge in [0.25, 0.3) is 5.91 Å². The van der Waals surface area contributed by atoms with Gasteiger partial charge in [-0.3, -0.25) is 9.59 Å². The highest BCUT2D eigenvalue weighted by Gasteiger charge is 2.41. The summed E-state index contributed by atoms with van der Waals surface area (Å²) in [7, 11) is 0. The Bertz CT molecular complexity index is 878. The number of aryl methyl sites for hydroxylation is 1. The van der Waals surface area contributed by atoms with Crippen LogP contribution in [0.15, 0.2) is 36.4 Å². The monoisotopic (exact) mass is 426 g/mol. The Morgan fingerprint density at radius 1 is 1.07 bits per heavy atom. The Morgan fingerprint density at radius 2 is 1.83 bits per heavy atom. The summed E-state index contributed by atoms with van der Waals surface area (Å²) in [5.41, 5.74) is 1.31. The molecule has 1 aromatic carbocycles. The van der Waals surface area contributed by atoms with Crippen LogP contribution in [0, 0.1) is 6.92 Å². The molecule has 6 heteroatoms. The first kappa shape index (κ1) is 21.1. The van der Waals surface area contributed by atoms with Gasteiger partial charge in [-0.1, -0.05) is 31.4 Å². The van der Waals surface area contributed by atoms with Gasteiger partial charge in [0.15, 0.2) is 0 Å². The topological polar surface area (TPSA) is 67.4 Å². The number of hydrogen-bond donors (Lipinski definition) is 2. The first-order chi connectivity index (χ1) is 14.6. The van der Waals surface area contributed by atoms with Gasteiger partial charge in [0.2, 0.25) is 5.91 Å². The Morgan fingerprint density at radius 3 is 2.47 bits per heavy atom. The summed E-state index contributed by atoms with van der Waals surface area (Å²) in [5.74, 6) is 0.0195. The zero-order chi connectivity index (χ0) is 21.0. The van der Waals surface area contributed by atoms with Crippen LogP contribution in [0.25, 0.3) is 0 Å². The van der Waals surface area contributed by atoms with Crippen molar-refractivity contribution in [3.8, 4) is 0 Å². The number of hydrogen-bond acceptors (Lipinski definition) is 4. The van der Waals surface area contributed by atoms with Gasteiger partial charge in [-0.25, -0.2) is 0 Å². The summed E-state index contributed by atoms with van der Waals surface area (Å²) >= 11 is 1.48. The molecule has 1 saturated carbocycles. The van der Waals surface area contributed by atoms with Gasteiger partial charge in [0.05, 0.1) is 16.4 Å². The molecule has 2 amide bonds. The van der Waals surface area contributed by atoms with Crippen LogP contribution in [0.5, 0.6) is 0 Å². The third kappa shape index (κ3) is 4.60. The van der Waals surface area contributed by atoms with E-state index >= 15 is 0 Å². The van der Waals surface area contributed by atoms with Crippen LogP contribution in [0.1, 0.15) is 65.1 Å². The lowest BCUT2D eigenvalue weighted by Gasteiger charge is -2.36. The van der Waals surface area contributed by atoms with E-state index in [9.17, 15) is 9.59 Å². The highest BCUT2D eigenvalue weighted by molar-refractivity contribution is 7.14. The lowest BCUT2D eigenvalue weighted by Crippen LogP contribution is -2.47. The normalized spacial score (nSPS) is 20.6. The van der Waals surface area contributed by atoms with Crippen molar-refractivity contribution in [1.29, 1.82) is 0 Å². The van der Waals surface area contributed by atoms with Crippen molar-refractivity contribution in [3.63, 3.8) is 0 Å². The van der Waals surface area contributed by atoms with E-state index < -0.39 is 5.41 Å². The van der Waals surface area contributed by atoms with Crippen LogP contribution in [-0.4, -0.2) is 31.1 Å². The van der Waals surface area contributed by atoms with Crippen LogP contribution in [0.4, 0.5) is 5.69 Å². The zero-order valence-electron chi connectivity index (χ0n) is 17.5. The minimum absolute atomic E-state index is 0.0949. The average Bonchev–Trinajstić information content (AvgIpc) is 3.45. The number of carbonyl (C=O) groups excluding carboxylic acids is 2. The molecule has 1 aliphatic carbocycles. The SMILES string of the molecule is Cc1ccc(C(=O)Nc2ccc(C3(C(=O)NCC4CCCO4)CCCCC3)cc2)s1. The molecule has 1 aromatic heterocycles. The molecule has 0 bridgehead atoms. The van der Waals surface area contributed by atoms with Crippen LogP contribution in [-0.2, 0) is 14.9 Å². The highest BCUT2D eigenvalue weighted by atomic mass is 32.1. The van der Waals surface area contributed by atoms with Crippen LogP contribution in [0.3, 0.4) is 0 Å². The smallest absolute Gasteiger partial charge is 0.265 e. The zero-order valence-corrected chi connectivity index (χ0v) is 18.4. The molecular formula is C24H30N2O3S. The maximum absolute atomic E-state index is 13.3. The molecule has 0 radical (unpaired) electrons. The number of rotatable bonds is 6. The Kier molecular flexibility index (Phi) is 6.54. The van der Waals surface area contributed by atoms with E-state index in [0.29, 0.717) is 11.4 Å². The van der Waals surface area contributed by atoms with E-state index in [-0.39, 0.29) is 17.9 Å². The molecule has 2 aliphatic rings. The lowest BCUT2D eigenvalue weighted by atomic mass is 9.68. The van der Waals surface area contributed by atoms with E-state index in [2.05, 4.69) is 10.6 Å². The summed E-state index contributed by atoms with van der Waals surface area (Å²) in [6.07, 6.45) is 7.26. The molecule has 4 rings (SSSR count). The maximum atomic E-state index is 13.3. The molecule has 30 heavy (non-hydrogen) atoms. The number of anilines is 1. The van der Waals surface area contributed by atoms with Crippen molar-refractivity contribution in [2.75, 3.05) is 18.5 Å². The number of amides is 2. The largest absolute Gasteiger partial charge is 0.376 e. The minimum atomic E-state index is -0.482. The Labute approximate surface area is 182 Å². The van der Waals surface area contributed by atoms with Gasteiger partial charge in [-0.15, -0.1) is 11.3 Å². The fourth-order valence-electron chi connectivity index (χ4n) is 4.61. The van der Waals surface area contributed by atoms with Crippen molar-refractivity contribution in [2.24, 2.45) is 0 Å². The van der Waals surface area contributed by atoms with Crippen molar-refractivity contribution >= 4 is 28.8 Å². The predicted molar refractivity (Wildman–Crippen MR) is 120 cm³/mol. The molecule has 5 nitrogen and oxygen atoms in total. The minimum Gasteiger partial charge on any atom is -0.376 e. The van der Waals surface area contributed by atoms with E-state index in [1.807, 2.05) is 43.3 Å². The first-order valence-electron chi connectivity index (χ1n) is 11.0.